The number of likely N-dealkylation sites (tertiary alicyclic amines) is 1. The molecular weight excluding hydrogens is 340 g/mol. The van der Waals surface area contributed by atoms with Gasteiger partial charge in [-0.05, 0) is 39.3 Å². The molecule has 0 aliphatic carbocycles. The number of rotatable bonds is 8. The van der Waals surface area contributed by atoms with Gasteiger partial charge >= 0.3 is 0 Å². The van der Waals surface area contributed by atoms with E-state index in [9.17, 15) is 0 Å². The molecule has 2 heterocycles. The van der Waals surface area contributed by atoms with Crippen LogP contribution < -0.4 is 10.6 Å². The zero-order chi connectivity index (χ0) is 19.1. The number of ether oxygens (including phenoxy) is 1. The minimum absolute atomic E-state index is 0.536. The molecule has 0 spiro atoms. The minimum atomic E-state index is 0.536. The van der Waals surface area contributed by atoms with Crippen LogP contribution in [-0.4, -0.2) is 56.8 Å². The maximum absolute atomic E-state index is 5.98. The summed E-state index contributed by atoms with van der Waals surface area (Å²) in [5.74, 6) is 1.77. The molecule has 0 saturated carbocycles. The van der Waals surface area contributed by atoms with Gasteiger partial charge in [0.1, 0.15) is 17.9 Å². The lowest BCUT2D eigenvalue weighted by molar-refractivity contribution is 0.141. The number of methoxy groups -OCH3 is 1. The summed E-state index contributed by atoms with van der Waals surface area (Å²) in [6.07, 6.45) is 2.47. The van der Waals surface area contributed by atoms with Crippen LogP contribution in [0.5, 0.6) is 0 Å². The first-order chi connectivity index (χ1) is 13.2. The van der Waals surface area contributed by atoms with Crippen molar-refractivity contribution >= 4 is 16.9 Å². The molecule has 1 aromatic heterocycles. The molecule has 1 atom stereocenters. The standard InChI is InChI=1S/C21H32N4O2/c1-4-22-21(23-14-17-8-7-11-25(17)12-13-26-3)24-15-20-16(2)18-9-5-6-10-19(18)27-20/h5-6,9-10,17H,4,7-8,11-15H2,1-3H3,(H2,22,23,24). The van der Waals surface area contributed by atoms with E-state index in [0.717, 1.165) is 50.1 Å². The number of fused-ring (bicyclic) bond motifs is 1. The molecule has 1 aromatic carbocycles. The summed E-state index contributed by atoms with van der Waals surface area (Å²) in [5.41, 5.74) is 2.10. The second-order valence-electron chi connectivity index (χ2n) is 7.05. The van der Waals surface area contributed by atoms with Crippen LogP contribution in [-0.2, 0) is 11.3 Å². The van der Waals surface area contributed by atoms with Crippen molar-refractivity contribution in [3.63, 3.8) is 0 Å². The predicted molar refractivity (Wildman–Crippen MR) is 110 cm³/mol. The van der Waals surface area contributed by atoms with Crippen LogP contribution in [0.25, 0.3) is 11.0 Å². The van der Waals surface area contributed by atoms with Crippen molar-refractivity contribution in [2.24, 2.45) is 4.99 Å². The van der Waals surface area contributed by atoms with E-state index in [1.807, 2.05) is 18.2 Å². The molecule has 1 unspecified atom stereocenters. The Bertz CT molecular complexity index is 756. The molecule has 0 amide bonds. The van der Waals surface area contributed by atoms with Gasteiger partial charge in [0.05, 0.1) is 6.61 Å². The van der Waals surface area contributed by atoms with Gasteiger partial charge in [-0.3, -0.25) is 4.90 Å². The first-order valence-electron chi connectivity index (χ1n) is 9.95. The van der Waals surface area contributed by atoms with Crippen LogP contribution in [0.1, 0.15) is 31.1 Å². The molecule has 1 saturated heterocycles. The third kappa shape index (κ3) is 5.02. The van der Waals surface area contributed by atoms with Gasteiger partial charge in [-0.15, -0.1) is 0 Å². The summed E-state index contributed by atoms with van der Waals surface area (Å²) in [6.45, 7) is 9.39. The Morgan fingerprint density at radius 1 is 1.33 bits per heavy atom. The van der Waals surface area contributed by atoms with Gasteiger partial charge < -0.3 is 19.8 Å². The largest absolute Gasteiger partial charge is 0.459 e. The van der Waals surface area contributed by atoms with E-state index in [2.05, 4.69) is 35.4 Å². The number of hydrogen-bond donors (Lipinski definition) is 2. The Morgan fingerprint density at radius 2 is 2.19 bits per heavy atom. The maximum Gasteiger partial charge on any atom is 0.191 e. The molecule has 1 aliphatic rings. The lowest BCUT2D eigenvalue weighted by Crippen LogP contribution is -2.45. The highest BCUT2D eigenvalue weighted by atomic mass is 16.5. The smallest absolute Gasteiger partial charge is 0.191 e. The minimum Gasteiger partial charge on any atom is -0.459 e. The van der Waals surface area contributed by atoms with Gasteiger partial charge in [0, 0.05) is 43.7 Å². The van der Waals surface area contributed by atoms with Crippen LogP contribution in [0.2, 0.25) is 0 Å². The molecular formula is C21H32N4O2. The Morgan fingerprint density at radius 3 is 2.96 bits per heavy atom. The Kier molecular flexibility index (Phi) is 7.12. The van der Waals surface area contributed by atoms with E-state index >= 15 is 0 Å². The van der Waals surface area contributed by atoms with E-state index in [1.54, 1.807) is 7.11 Å². The van der Waals surface area contributed by atoms with E-state index in [4.69, 9.17) is 14.1 Å². The highest BCUT2D eigenvalue weighted by Crippen LogP contribution is 2.25. The predicted octanol–water partition coefficient (Wildman–Crippen LogP) is 2.91. The average Bonchev–Trinajstić information content (AvgIpc) is 3.27. The van der Waals surface area contributed by atoms with Crippen molar-refractivity contribution in [1.29, 1.82) is 0 Å². The second kappa shape index (κ2) is 9.76. The summed E-state index contributed by atoms with van der Waals surface area (Å²) in [7, 11) is 1.76. The third-order valence-corrected chi connectivity index (χ3v) is 5.25. The average molecular weight is 373 g/mol. The summed E-state index contributed by atoms with van der Waals surface area (Å²) in [4.78, 5) is 7.25. The number of benzene rings is 1. The summed E-state index contributed by atoms with van der Waals surface area (Å²) >= 11 is 0. The maximum atomic E-state index is 5.98. The van der Waals surface area contributed by atoms with Crippen LogP contribution >= 0.6 is 0 Å². The number of aliphatic imine (C=N–C) groups is 1. The fourth-order valence-corrected chi connectivity index (χ4v) is 3.71. The topological polar surface area (TPSA) is 62.0 Å². The zero-order valence-corrected chi connectivity index (χ0v) is 16.8. The quantitative estimate of drug-likeness (QED) is 0.551. The van der Waals surface area contributed by atoms with Crippen LogP contribution in [0, 0.1) is 6.92 Å². The van der Waals surface area contributed by atoms with Crippen molar-refractivity contribution in [3.8, 4) is 0 Å². The lowest BCUT2D eigenvalue weighted by Gasteiger charge is -2.25. The number of guanidine groups is 1. The Balaban J connectivity index is 1.61. The number of hydrogen-bond acceptors (Lipinski definition) is 4. The van der Waals surface area contributed by atoms with Gasteiger partial charge in [-0.25, -0.2) is 4.99 Å². The summed E-state index contributed by atoms with van der Waals surface area (Å²) in [5, 5.41) is 8.02. The summed E-state index contributed by atoms with van der Waals surface area (Å²) < 4.78 is 11.2. The fraction of sp³-hybridized carbons (Fsp3) is 0.571. The van der Waals surface area contributed by atoms with Crippen molar-refractivity contribution in [2.45, 2.75) is 39.3 Å². The molecule has 0 radical (unpaired) electrons. The van der Waals surface area contributed by atoms with Gasteiger partial charge in [0.2, 0.25) is 0 Å². The van der Waals surface area contributed by atoms with Crippen molar-refractivity contribution in [3.05, 3.63) is 35.6 Å². The number of aryl methyl sites for hydroxylation is 1. The normalized spacial score (nSPS) is 18.3. The SMILES string of the molecule is CCNC(=NCc1oc2ccccc2c1C)NCC1CCCN1CCOC. The molecule has 2 N–H and O–H groups in total. The highest BCUT2D eigenvalue weighted by molar-refractivity contribution is 5.82. The highest BCUT2D eigenvalue weighted by Gasteiger charge is 2.24. The van der Waals surface area contributed by atoms with Crippen molar-refractivity contribution < 1.29 is 9.15 Å². The van der Waals surface area contributed by atoms with Gasteiger partial charge in [0.25, 0.3) is 0 Å². The number of para-hydroxylation sites is 1. The number of nitrogens with zero attached hydrogens (tertiary/aromatic N) is 2. The van der Waals surface area contributed by atoms with Crippen molar-refractivity contribution in [2.75, 3.05) is 39.9 Å². The number of nitrogens with one attached hydrogen (secondary N) is 2. The van der Waals surface area contributed by atoms with E-state index in [0.29, 0.717) is 12.6 Å². The zero-order valence-electron chi connectivity index (χ0n) is 16.8. The summed E-state index contributed by atoms with van der Waals surface area (Å²) in [6, 6.07) is 8.69. The monoisotopic (exact) mass is 372 g/mol. The molecule has 3 rings (SSSR count). The first kappa shape index (κ1) is 19.7. The molecule has 0 bridgehead atoms. The van der Waals surface area contributed by atoms with Crippen LogP contribution in [0.15, 0.2) is 33.7 Å². The Hall–Kier alpha value is -2.05. The number of furan rings is 1. The van der Waals surface area contributed by atoms with Gasteiger partial charge in [-0.1, -0.05) is 18.2 Å². The lowest BCUT2D eigenvalue weighted by atomic mass is 10.1. The molecule has 1 fully saturated rings. The van der Waals surface area contributed by atoms with Gasteiger partial charge in [0.15, 0.2) is 5.96 Å². The van der Waals surface area contributed by atoms with Crippen LogP contribution in [0.4, 0.5) is 0 Å². The van der Waals surface area contributed by atoms with E-state index in [-0.39, 0.29) is 0 Å². The van der Waals surface area contributed by atoms with Crippen LogP contribution in [0.3, 0.4) is 0 Å². The van der Waals surface area contributed by atoms with Crippen molar-refractivity contribution in [1.82, 2.24) is 15.5 Å². The third-order valence-electron chi connectivity index (χ3n) is 5.25. The van der Waals surface area contributed by atoms with E-state index in [1.165, 1.54) is 23.8 Å². The molecule has 27 heavy (non-hydrogen) atoms. The molecule has 148 valence electrons. The molecule has 6 heteroatoms. The van der Waals surface area contributed by atoms with E-state index < -0.39 is 0 Å². The fourth-order valence-electron chi connectivity index (χ4n) is 3.71. The van der Waals surface area contributed by atoms with Gasteiger partial charge in [-0.2, -0.15) is 0 Å². The first-order valence-corrected chi connectivity index (χ1v) is 9.95. The Labute approximate surface area is 162 Å². The molecule has 6 nitrogen and oxygen atoms in total. The molecule has 2 aromatic rings. The second-order valence-corrected chi connectivity index (χ2v) is 7.05. The molecule has 1 aliphatic heterocycles.